The Hall–Kier alpha value is -1.89. The molecule has 0 unspecified atom stereocenters. The second-order valence-corrected chi connectivity index (χ2v) is 7.01. The van der Waals surface area contributed by atoms with E-state index >= 15 is 0 Å². The van der Waals surface area contributed by atoms with Gasteiger partial charge in [-0.25, -0.2) is 0 Å². The molecule has 0 aliphatic carbocycles. The smallest absolute Gasteiger partial charge is 0.222 e. The molecule has 24 heavy (non-hydrogen) atoms. The first kappa shape index (κ1) is 18.4. The Balaban J connectivity index is 1.78. The summed E-state index contributed by atoms with van der Waals surface area (Å²) in [6, 6.07) is -0.169. The van der Waals surface area contributed by atoms with E-state index in [2.05, 4.69) is 15.5 Å². The molecule has 3 N–H and O–H groups in total. The molecule has 1 aliphatic rings. The van der Waals surface area contributed by atoms with Crippen LogP contribution in [-0.2, 0) is 16.0 Å². The normalized spacial score (nSPS) is 21.1. The molecule has 2 rings (SSSR count). The number of likely N-dealkylation sites (tertiary alicyclic amines) is 1. The number of hydrogen-bond donors (Lipinski definition) is 3. The first-order valence-electron chi connectivity index (χ1n) is 8.67. The number of aliphatic hydroxyl groups is 1. The van der Waals surface area contributed by atoms with Crippen LogP contribution < -0.4 is 5.32 Å². The first-order chi connectivity index (χ1) is 11.4. The fraction of sp³-hybridized carbons (Fsp3) is 0.706. The van der Waals surface area contributed by atoms with Crippen LogP contribution in [0, 0.1) is 5.92 Å². The highest BCUT2D eigenvalue weighted by atomic mass is 16.3. The second-order valence-electron chi connectivity index (χ2n) is 7.01. The van der Waals surface area contributed by atoms with Gasteiger partial charge in [-0.15, -0.1) is 0 Å². The number of carbonyl (C=O) groups excluding carboxylic acids is 2. The Morgan fingerprint density at radius 1 is 1.46 bits per heavy atom. The SMILES string of the molecule is CC(C)CC(=O)N[C@H]1C[C@@H](O)CN(C(=O)CCCc2cn[nH]c2)C1. The van der Waals surface area contributed by atoms with E-state index in [-0.39, 0.29) is 17.9 Å². The molecular formula is C17H28N4O3. The van der Waals surface area contributed by atoms with Crippen molar-refractivity contribution in [3.63, 3.8) is 0 Å². The summed E-state index contributed by atoms with van der Waals surface area (Å²) in [7, 11) is 0. The van der Waals surface area contributed by atoms with Crippen molar-refractivity contribution in [2.45, 2.75) is 58.1 Å². The van der Waals surface area contributed by atoms with Gasteiger partial charge in [0.25, 0.3) is 0 Å². The summed E-state index contributed by atoms with van der Waals surface area (Å²) in [5.74, 6) is 0.302. The lowest BCUT2D eigenvalue weighted by atomic mass is 10.0. The zero-order valence-electron chi connectivity index (χ0n) is 14.5. The largest absolute Gasteiger partial charge is 0.391 e. The quantitative estimate of drug-likeness (QED) is 0.688. The van der Waals surface area contributed by atoms with Crippen LogP contribution in [-0.4, -0.2) is 57.3 Å². The second kappa shape index (κ2) is 8.82. The third-order valence-corrected chi connectivity index (χ3v) is 4.15. The highest BCUT2D eigenvalue weighted by Gasteiger charge is 2.29. The molecule has 0 spiro atoms. The molecule has 0 bridgehead atoms. The highest BCUT2D eigenvalue weighted by Crippen LogP contribution is 2.14. The summed E-state index contributed by atoms with van der Waals surface area (Å²) in [4.78, 5) is 25.9. The fourth-order valence-electron chi connectivity index (χ4n) is 3.05. The summed E-state index contributed by atoms with van der Waals surface area (Å²) in [6.07, 6.45) is 5.95. The molecule has 0 saturated carbocycles. The van der Waals surface area contributed by atoms with Gasteiger partial charge in [0, 0.05) is 38.2 Å². The Morgan fingerprint density at radius 3 is 2.92 bits per heavy atom. The minimum atomic E-state index is -0.582. The van der Waals surface area contributed by atoms with Crippen LogP contribution in [0.1, 0.15) is 45.1 Å². The predicted molar refractivity (Wildman–Crippen MR) is 90.1 cm³/mol. The number of rotatable bonds is 7. The number of aliphatic hydroxyl groups excluding tert-OH is 1. The van der Waals surface area contributed by atoms with E-state index in [1.807, 2.05) is 20.0 Å². The number of carbonyl (C=O) groups is 2. The van der Waals surface area contributed by atoms with Gasteiger partial charge in [0.15, 0.2) is 0 Å². The van der Waals surface area contributed by atoms with Gasteiger partial charge in [-0.2, -0.15) is 5.10 Å². The van der Waals surface area contributed by atoms with Gasteiger partial charge in [-0.1, -0.05) is 13.8 Å². The maximum absolute atomic E-state index is 12.4. The lowest BCUT2D eigenvalue weighted by molar-refractivity contribution is -0.136. The predicted octanol–water partition coefficient (Wildman–Crippen LogP) is 0.857. The summed E-state index contributed by atoms with van der Waals surface area (Å²) >= 11 is 0. The Morgan fingerprint density at radius 2 is 2.25 bits per heavy atom. The number of amides is 2. The van der Waals surface area contributed by atoms with Crippen LogP contribution in [0.25, 0.3) is 0 Å². The minimum absolute atomic E-state index is 0.0172. The Labute approximate surface area is 142 Å². The van der Waals surface area contributed by atoms with Crippen molar-refractivity contribution in [3.05, 3.63) is 18.0 Å². The van der Waals surface area contributed by atoms with Crippen molar-refractivity contribution in [2.24, 2.45) is 5.92 Å². The van der Waals surface area contributed by atoms with E-state index in [9.17, 15) is 14.7 Å². The minimum Gasteiger partial charge on any atom is -0.391 e. The van der Waals surface area contributed by atoms with Gasteiger partial charge in [-0.3, -0.25) is 14.7 Å². The summed E-state index contributed by atoms with van der Waals surface area (Å²) in [6.45, 7) is 4.81. The third kappa shape index (κ3) is 5.96. The third-order valence-electron chi connectivity index (χ3n) is 4.15. The van der Waals surface area contributed by atoms with Crippen molar-refractivity contribution >= 4 is 11.8 Å². The van der Waals surface area contributed by atoms with Crippen molar-refractivity contribution < 1.29 is 14.7 Å². The summed E-state index contributed by atoms with van der Waals surface area (Å²) in [5.41, 5.74) is 1.08. The van der Waals surface area contributed by atoms with Crippen LogP contribution in [0.2, 0.25) is 0 Å². The van der Waals surface area contributed by atoms with Crippen molar-refractivity contribution in [2.75, 3.05) is 13.1 Å². The standard InChI is InChI=1S/C17H28N4O3/c1-12(2)6-16(23)20-14-7-15(22)11-21(10-14)17(24)5-3-4-13-8-18-19-9-13/h8-9,12,14-15,22H,3-7,10-11H2,1-2H3,(H,18,19)(H,20,23)/t14-,15+/m0/s1. The maximum atomic E-state index is 12.4. The Bertz CT molecular complexity index is 530. The number of H-pyrrole nitrogens is 1. The summed E-state index contributed by atoms with van der Waals surface area (Å²) < 4.78 is 0. The summed E-state index contributed by atoms with van der Waals surface area (Å²) in [5, 5.41) is 19.6. The van der Waals surface area contributed by atoms with E-state index < -0.39 is 6.10 Å². The molecule has 1 aliphatic heterocycles. The molecule has 2 atom stereocenters. The van der Waals surface area contributed by atoms with E-state index in [1.165, 1.54) is 0 Å². The van der Waals surface area contributed by atoms with Crippen LogP contribution in [0.15, 0.2) is 12.4 Å². The topological polar surface area (TPSA) is 98.3 Å². The van der Waals surface area contributed by atoms with Gasteiger partial charge in [0.05, 0.1) is 12.3 Å². The van der Waals surface area contributed by atoms with Gasteiger partial charge >= 0.3 is 0 Å². The lowest BCUT2D eigenvalue weighted by Crippen LogP contribution is -2.54. The molecule has 1 aromatic heterocycles. The lowest BCUT2D eigenvalue weighted by Gasteiger charge is -2.36. The van der Waals surface area contributed by atoms with Crippen molar-refractivity contribution in [1.82, 2.24) is 20.4 Å². The average molecular weight is 336 g/mol. The highest BCUT2D eigenvalue weighted by molar-refractivity contribution is 5.78. The molecule has 134 valence electrons. The van der Waals surface area contributed by atoms with E-state index in [4.69, 9.17) is 0 Å². The maximum Gasteiger partial charge on any atom is 0.222 e. The molecule has 1 saturated heterocycles. The number of aromatic amines is 1. The molecule has 2 heterocycles. The first-order valence-corrected chi connectivity index (χ1v) is 8.67. The number of nitrogens with one attached hydrogen (secondary N) is 2. The number of aromatic nitrogens is 2. The molecule has 1 aromatic rings. The van der Waals surface area contributed by atoms with Crippen LogP contribution in [0.3, 0.4) is 0 Å². The zero-order chi connectivity index (χ0) is 17.5. The monoisotopic (exact) mass is 336 g/mol. The van der Waals surface area contributed by atoms with Crippen LogP contribution in [0.5, 0.6) is 0 Å². The van der Waals surface area contributed by atoms with Crippen LogP contribution in [0.4, 0.5) is 0 Å². The molecule has 1 fully saturated rings. The number of β-amino-alcohol motifs (C(OH)–C–C–N with tert-alkyl or cyclic N) is 1. The molecule has 2 amide bonds. The average Bonchev–Trinajstić information content (AvgIpc) is 2.98. The van der Waals surface area contributed by atoms with E-state index in [0.717, 1.165) is 18.4 Å². The number of nitrogens with zero attached hydrogens (tertiary/aromatic N) is 2. The Kier molecular flexibility index (Phi) is 6.78. The molecular weight excluding hydrogens is 308 g/mol. The number of hydrogen-bond acceptors (Lipinski definition) is 4. The zero-order valence-corrected chi connectivity index (χ0v) is 14.5. The fourth-order valence-corrected chi connectivity index (χ4v) is 3.05. The van der Waals surface area contributed by atoms with Crippen LogP contribution >= 0.6 is 0 Å². The number of piperidine rings is 1. The molecule has 7 heteroatoms. The van der Waals surface area contributed by atoms with Crippen molar-refractivity contribution in [1.29, 1.82) is 0 Å². The van der Waals surface area contributed by atoms with Gasteiger partial charge in [0.1, 0.15) is 0 Å². The van der Waals surface area contributed by atoms with E-state index in [0.29, 0.717) is 38.3 Å². The van der Waals surface area contributed by atoms with E-state index in [1.54, 1.807) is 11.1 Å². The molecule has 7 nitrogen and oxygen atoms in total. The molecule has 0 aromatic carbocycles. The van der Waals surface area contributed by atoms with Gasteiger partial charge in [-0.05, 0) is 30.7 Å². The van der Waals surface area contributed by atoms with Gasteiger partial charge < -0.3 is 15.3 Å². The molecule has 0 radical (unpaired) electrons. The number of aryl methyl sites for hydroxylation is 1. The van der Waals surface area contributed by atoms with Crippen molar-refractivity contribution in [3.8, 4) is 0 Å². The van der Waals surface area contributed by atoms with Gasteiger partial charge in [0.2, 0.25) is 11.8 Å².